The molecule has 2 N–H and O–H groups in total. The molecule has 8 heterocycles. The Balaban J connectivity index is 0.651. The Hall–Kier alpha value is -8.15. The summed E-state index contributed by atoms with van der Waals surface area (Å²) in [5, 5.41) is 13.4. The minimum Gasteiger partial charge on any atom is -0.339 e. The highest BCUT2D eigenvalue weighted by atomic mass is 35.5. The average Bonchev–Trinajstić information content (AvgIpc) is 4.04. The molecule has 10 aromatic rings. The number of fused-ring (bicyclic) bond motifs is 2. The zero-order valence-electron chi connectivity index (χ0n) is 46.5. The highest BCUT2D eigenvalue weighted by molar-refractivity contribution is 6.34. The molecule has 2 aliphatic heterocycles. The van der Waals surface area contributed by atoms with E-state index in [0.29, 0.717) is 104 Å². The molecule has 6 aromatic heterocycles. The third kappa shape index (κ3) is 11.2. The molecule has 12 rings (SSSR count). The number of piperidine rings is 2. The fraction of sp³-hybridized carbons (Fsp3) is 0.297. The highest BCUT2D eigenvalue weighted by Gasteiger charge is 2.27. The first-order chi connectivity index (χ1) is 39.9. The number of hydrogen-bond donors (Lipinski definition) is 2. The topological polar surface area (TPSA) is 178 Å². The van der Waals surface area contributed by atoms with Crippen LogP contribution in [0.2, 0.25) is 10.0 Å². The smallest absolute Gasteiger partial charge is 0.260 e. The van der Waals surface area contributed by atoms with E-state index in [2.05, 4.69) is 103 Å². The molecular weight excluding hydrogens is 1070 g/mol. The number of anilines is 4. The monoisotopic (exact) mass is 1130 g/mol. The van der Waals surface area contributed by atoms with E-state index >= 15 is 0 Å². The van der Waals surface area contributed by atoms with E-state index in [0.717, 1.165) is 90.8 Å². The molecule has 2 saturated heterocycles. The summed E-state index contributed by atoms with van der Waals surface area (Å²) in [7, 11) is 2.18. The van der Waals surface area contributed by atoms with Crippen LogP contribution in [0, 0.1) is 6.92 Å². The second-order valence-electron chi connectivity index (χ2n) is 21.6. The number of aryl methyl sites for hydroxylation is 3. The van der Waals surface area contributed by atoms with Gasteiger partial charge in [0.2, 0.25) is 23.6 Å². The van der Waals surface area contributed by atoms with Gasteiger partial charge in [0.25, 0.3) is 11.1 Å². The Morgan fingerprint density at radius 2 is 1.12 bits per heavy atom. The maximum absolute atomic E-state index is 14.1. The number of halogens is 2. The van der Waals surface area contributed by atoms with E-state index in [-0.39, 0.29) is 17.2 Å². The SMILES string of the molecule is CCn1c(=O)c(-c2ccc(-c3noc(CC(C)N4CCC(c5ccc(Nc6ncc7cc(-c8ccc(-c9cccnc9C)cc8Cl)c(=O)n(CC)c7n6)cc5)CC4)n3)cc2Cl)cc2cnc(Nc3ccc(C4CCN(C)CC4)cc3)nc21. The Morgan fingerprint density at radius 3 is 1.63 bits per heavy atom. The van der Waals surface area contributed by atoms with Crippen molar-refractivity contribution in [3.05, 3.63) is 181 Å². The van der Waals surface area contributed by atoms with Gasteiger partial charge in [-0.3, -0.25) is 23.7 Å². The van der Waals surface area contributed by atoms with Crippen LogP contribution < -0.4 is 21.8 Å². The first kappa shape index (κ1) is 54.4. The molecule has 16 nitrogen and oxygen atoms in total. The van der Waals surface area contributed by atoms with Crippen LogP contribution in [0.25, 0.3) is 66.8 Å². The maximum Gasteiger partial charge on any atom is 0.260 e. The fourth-order valence-corrected chi connectivity index (χ4v) is 12.3. The molecular formula is C64H63Cl2N13O3. The molecule has 1 atom stereocenters. The molecule has 0 spiro atoms. The number of benzene rings is 4. The summed E-state index contributed by atoms with van der Waals surface area (Å²) in [5.74, 6) is 2.80. The van der Waals surface area contributed by atoms with Crippen LogP contribution in [0.15, 0.2) is 142 Å². The third-order valence-electron chi connectivity index (χ3n) is 16.5. The zero-order chi connectivity index (χ0) is 56.6. The number of hydrogen-bond acceptors (Lipinski definition) is 14. The molecule has 82 heavy (non-hydrogen) atoms. The third-order valence-corrected chi connectivity index (χ3v) is 17.1. The van der Waals surface area contributed by atoms with Crippen LogP contribution in [0.3, 0.4) is 0 Å². The van der Waals surface area contributed by atoms with Gasteiger partial charge >= 0.3 is 0 Å². The van der Waals surface area contributed by atoms with E-state index in [1.54, 1.807) is 33.8 Å². The number of aromatic nitrogens is 9. The minimum absolute atomic E-state index is 0.172. The maximum atomic E-state index is 14.1. The predicted molar refractivity (Wildman–Crippen MR) is 327 cm³/mol. The molecule has 2 fully saturated rings. The highest BCUT2D eigenvalue weighted by Crippen LogP contribution is 2.36. The first-order valence-electron chi connectivity index (χ1n) is 28.2. The van der Waals surface area contributed by atoms with Crippen LogP contribution in [-0.4, -0.2) is 93.3 Å². The van der Waals surface area contributed by atoms with E-state index in [9.17, 15) is 9.59 Å². The quantitative estimate of drug-likeness (QED) is 0.0990. The van der Waals surface area contributed by atoms with Gasteiger partial charge in [0.05, 0.1) is 0 Å². The lowest BCUT2D eigenvalue weighted by Gasteiger charge is -2.35. The second-order valence-corrected chi connectivity index (χ2v) is 22.4. The van der Waals surface area contributed by atoms with E-state index in [1.807, 2.05) is 75.4 Å². The van der Waals surface area contributed by atoms with Crippen LogP contribution >= 0.6 is 23.2 Å². The predicted octanol–water partition coefficient (Wildman–Crippen LogP) is 13.1. The zero-order valence-corrected chi connectivity index (χ0v) is 48.0. The van der Waals surface area contributed by atoms with Gasteiger partial charge in [-0.25, -0.2) is 9.97 Å². The molecule has 0 aliphatic carbocycles. The van der Waals surface area contributed by atoms with Gasteiger partial charge in [-0.1, -0.05) is 83.0 Å². The van der Waals surface area contributed by atoms with Gasteiger partial charge in [0.15, 0.2) is 0 Å². The summed E-state index contributed by atoms with van der Waals surface area (Å²) < 4.78 is 9.12. The molecule has 0 bridgehead atoms. The van der Waals surface area contributed by atoms with E-state index < -0.39 is 0 Å². The summed E-state index contributed by atoms with van der Waals surface area (Å²) in [6.45, 7) is 13.0. The van der Waals surface area contributed by atoms with Crippen molar-refractivity contribution >= 4 is 68.5 Å². The molecule has 2 aliphatic rings. The van der Waals surface area contributed by atoms with Gasteiger partial charge in [0, 0.05) is 115 Å². The fourth-order valence-electron chi connectivity index (χ4n) is 11.8. The van der Waals surface area contributed by atoms with Crippen molar-refractivity contribution in [2.45, 2.75) is 90.8 Å². The Kier molecular flexibility index (Phi) is 15.5. The summed E-state index contributed by atoms with van der Waals surface area (Å²) in [4.78, 5) is 61.0. The summed E-state index contributed by atoms with van der Waals surface area (Å²) in [6.07, 6.45) is 10.2. The number of likely N-dealkylation sites (tertiary alicyclic amines) is 2. The van der Waals surface area contributed by atoms with E-state index in [1.165, 1.54) is 11.1 Å². The van der Waals surface area contributed by atoms with Crippen molar-refractivity contribution in [1.82, 2.24) is 54.0 Å². The molecule has 0 saturated carbocycles. The van der Waals surface area contributed by atoms with Crippen LogP contribution in [0.5, 0.6) is 0 Å². The Morgan fingerprint density at radius 1 is 0.610 bits per heavy atom. The summed E-state index contributed by atoms with van der Waals surface area (Å²) in [5.41, 5.74) is 10.8. The normalized spacial score (nSPS) is 15.1. The molecule has 416 valence electrons. The van der Waals surface area contributed by atoms with Crippen molar-refractivity contribution in [2.24, 2.45) is 0 Å². The van der Waals surface area contributed by atoms with Crippen molar-refractivity contribution < 1.29 is 4.52 Å². The second kappa shape index (κ2) is 23.4. The Labute approximate surface area is 485 Å². The van der Waals surface area contributed by atoms with E-state index in [4.69, 9.17) is 42.7 Å². The summed E-state index contributed by atoms with van der Waals surface area (Å²) >= 11 is 13.8. The van der Waals surface area contributed by atoms with Crippen LogP contribution in [-0.2, 0) is 19.5 Å². The lowest BCUT2D eigenvalue weighted by Crippen LogP contribution is -2.40. The number of nitrogens with one attached hydrogen (secondary N) is 2. The van der Waals surface area contributed by atoms with Crippen molar-refractivity contribution in [2.75, 3.05) is 43.9 Å². The molecule has 4 aromatic carbocycles. The van der Waals surface area contributed by atoms with Gasteiger partial charge < -0.3 is 25.0 Å². The average molecular weight is 1130 g/mol. The molecule has 0 radical (unpaired) electrons. The number of rotatable bonds is 15. The number of nitrogens with zero attached hydrogens (tertiary/aromatic N) is 11. The van der Waals surface area contributed by atoms with Crippen LogP contribution in [0.4, 0.5) is 23.3 Å². The molecule has 1 unspecified atom stereocenters. The van der Waals surface area contributed by atoms with Gasteiger partial charge in [0.1, 0.15) is 11.3 Å². The lowest BCUT2D eigenvalue weighted by molar-refractivity contribution is 0.154. The van der Waals surface area contributed by atoms with Crippen molar-refractivity contribution in [3.63, 3.8) is 0 Å². The summed E-state index contributed by atoms with van der Waals surface area (Å²) in [6, 6.07) is 36.0. The first-order valence-corrected chi connectivity index (χ1v) is 29.0. The van der Waals surface area contributed by atoms with Crippen LogP contribution in [0.1, 0.15) is 81.0 Å². The standard InChI is InChI=1S/C64H63Cl2N13O3/c1-6-78-59-46(32-53(61(78)80)51-20-14-44(34-55(51)65)50-9-8-26-67-39(50)4)36-68-64(73-59)71-49-18-12-41(13-19-49)43-24-29-77(30-25-43)38(3)31-57-72-58(75-82-57)45-15-21-52(56(66)35-45)54-33-47-37-69-63(74-60(47)79(7-2)62(54)81)70-48-16-10-40(11-17-48)42-22-27-76(5)28-23-42/h8-21,26,32-38,42-43H,6-7,22-25,27-31H2,1-5H3,(H,68,71,73)(H,69,70,74). The largest absolute Gasteiger partial charge is 0.339 e. The minimum atomic E-state index is -0.194. The molecule has 0 amide bonds. The van der Waals surface area contributed by atoms with Gasteiger partial charge in [-0.05, 0) is 170 Å². The van der Waals surface area contributed by atoms with Gasteiger partial charge in [-0.15, -0.1) is 0 Å². The molecule has 18 heteroatoms. The van der Waals surface area contributed by atoms with Crippen molar-refractivity contribution in [3.8, 4) is 44.8 Å². The Bertz CT molecular complexity index is 4110. The van der Waals surface area contributed by atoms with Gasteiger partial charge in [-0.2, -0.15) is 15.0 Å². The number of pyridine rings is 3. The lowest BCUT2D eigenvalue weighted by atomic mass is 9.88. The van der Waals surface area contributed by atoms with Crippen molar-refractivity contribution in [1.29, 1.82) is 0 Å².